The van der Waals surface area contributed by atoms with Crippen molar-refractivity contribution in [3.63, 3.8) is 0 Å². The van der Waals surface area contributed by atoms with Crippen LogP contribution >= 0.6 is 0 Å². The largest absolute Gasteiger partial charge is 0.416 e. The number of nitro benzene ring substituents is 1. The lowest BCUT2D eigenvalue weighted by molar-refractivity contribution is -0.384. The van der Waals surface area contributed by atoms with Crippen LogP contribution in [0.3, 0.4) is 0 Å². The second-order valence-electron chi connectivity index (χ2n) is 7.78. The van der Waals surface area contributed by atoms with E-state index in [9.17, 15) is 23.3 Å². The molecule has 3 aromatic carbocycles. The van der Waals surface area contributed by atoms with Gasteiger partial charge in [-0.05, 0) is 46.7 Å². The fourth-order valence-electron chi connectivity index (χ4n) is 5.00. The summed E-state index contributed by atoms with van der Waals surface area (Å²) in [5.41, 5.74) is 3.04. The number of hydrogen-bond donors (Lipinski definition) is 1. The minimum Gasteiger partial charge on any atom is -0.378 e. The van der Waals surface area contributed by atoms with Crippen molar-refractivity contribution >= 4 is 11.4 Å². The Morgan fingerprint density at radius 1 is 0.933 bits per heavy atom. The van der Waals surface area contributed by atoms with Crippen molar-refractivity contribution in [3.8, 4) is 0 Å². The first-order chi connectivity index (χ1) is 14.3. The van der Waals surface area contributed by atoms with Gasteiger partial charge in [-0.3, -0.25) is 10.1 Å². The maximum Gasteiger partial charge on any atom is 0.416 e. The van der Waals surface area contributed by atoms with Crippen molar-refractivity contribution in [1.82, 2.24) is 0 Å². The Hall–Kier alpha value is -3.35. The average molecular weight is 410 g/mol. The number of nitrogens with zero attached hydrogens (tertiary/aromatic N) is 1. The van der Waals surface area contributed by atoms with Gasteiger partial charge in [-0.25, -0.2) is 0 Å². The molecule has 2 aliphatic rings. The maximum absolute atomic E-state index is 13.7. The van der Waals surface area contributed by atoms with Gasteiger partial charge in [0.05, 0.1) is 16.5 Å². The topological polar surface area (TPSA) is 55.2 Å². The van der Waals surface area contributed by atoms with Crippen LogP contribution in [0.25, 0.3) is 0 Å². The van der Waals surface area contributed by atoms with E-state index in [1.807, 2.05) is 24.3 Å². The molecule has 0 fully saturated rings. The van der Waals surface area contributed by atoms with E-state index >= 15 is 0 Å². The first-order valence-electron chi connectivity index (χ1n) is 9.63. The minimum absolute atomic E-state index is 0.0205. The molecule has 0 radical (unpaired) electrons. The molecule has 1 aliphatic heterocycles. The van der Waals surface area contributed by atoms with Crippen molar-refractivity contribution in [2.24, 2.45) is 5.92 Å². The Kier molecular flexibility index (Phi) is 4.10. The summed E-state index contributed by atoms with van der Waals surface area (Å²) in [6.45, 7) is 0. The molecule has 0 unspecified atom stereocenters. The van der Waals surface area contributed by atoms with E-state index < -0.39 is 22.7 Å². The van der Waals surface area contributed by atoms with Gasteiger partial charge in [0.25, 0.3) is 5.69 Å². The smallest absolute Gasteiger partial charge is 0.378 e. The Balaban J connectivity index is 1.70. The summed E-state index contributed by atoms with van der Waals surface area (Å²) in [7, 11) is 0. The number of rotatable bonds is 2. The van der Waals surface area contributed by atoms with Crippen molar-refractivity contribution in [3.05, 3.63) is 105 Å². The van der Waals surface area contributed by atoms with Crippen LogP contribution < -0.4 is 5.32 Å². The van der Waals surface area contributed by atoms with E-state index in [4.69, 9.17) is 0 Å². The Morgan fingerprint density at radius 2 is 1.63 bits per heavy atom. The van der Waals surface area contributed by atoms with Crippen LogP contribution in [0, 0.1) is 16.0 Å². The van der Waals surface area contributed by atoms with Crippen LogP contribution in [0.1, 0.15) is 39.8 Å². The summed E-state index contributed by atoms with van der Waals surface area (Å²) in [4.78, 5) is 10.9. The van der Waals surface area contributed by atoms with E-state index in [1.54, 1.807) is 18.2 Å². The molecule has 3 atom stereocenters. The molecule has 3 aromatic rings. The van der Waals surface area contributed by atoms with Gasteiger partial charge in [-0.2, -0.15) is 13.2 Å². The predicted octanol–water partition coefficient (Wildman–Crippen LogP) is 6.08. The highest BCUT2D eigenvalue weighted by molar-refractivity contribution is 5.65. The molecule has 1 N–H and O–H groups in total. The molecule has 5 rings (SSSR count). The van der Waals surface area contributed by atoms with Crippen LogP contribution in [0.5, 0.6) is 0 Å². The van der Waals surface area contributed by atoms with Gasteiger partial charge in [0.15, 0.2) is 0 Å². The third-order valence-corrected chi connectivity index (χ3v) is 6.20. The van der Waals surface area contributed by atoms with Crippen molar-refractivity contribution in [2.45, 2.75) is 24.6 Å². The van der Waals surface area contributed by atoms with Gasteiger partial charge < -0.3 is 5.32 Å². The van der Waals surface area contributed by atoms with Gasteiger partial charge in [0.1, 0.15) is 0 Å². The lowest BCUT2D eigenvalue weighted by Gasteiger charge is -2.38. The average Bonchev–Trinajstić information content (AvgIpc) is 3.12. The van der Waals surface area contributed by atoms with E-state index in [0.717, 1.165) is 22.8 Å². The molecular weight excluding hydrogens is 393 g/mol. The monoisotopic (exact) mass is 410 g/mol. The van der Waals surface area contributed by atoms with E-state index in [2.05, 4.69) is 5.32 Å². The second kappa shape index (κ2) is 6.58. The fraction of sp³-hybridized carbons (Fsp3) is 0.217. The standard InChI is InChI=1S/C23H17F3N2O2/c24-23(25,26)19-8-4-3-7-16(19)22-18-11-13-5-1-2-6-15(13)21(18)17-12-14(28(29)30)9-10-20(17)27-22/h1-10,12,18,21-22,27H,11H2/t18-,21-,22-/m0/s1. The molecule has 0 saturated carbocycles. The number of anilines is 1. The number of nitro groups is 1. The number of alkyl halides is 3. The lowest BCUT2D eigenvalue weighted by atomic mass is 9.74. The number of non-ortho nitro benzene ring substituents is 1. The zero-order valence-electron chi connectivity index (χ0n) is 15.7. The van der Waals surface area contributed by atoms with Gasteiger partial charge in [0.2, 0.25) is 0 Å². The molecule has 4 nitrogen and oxygen atoms in total. The van der Waals surface area contributed by atoms with Crippen LogP contribution in [0.2, 0.25) is 0 Å². The summed E-state index contributed by atoms with van der Waals surface area (Å²) in [5, 5.41) is 14.6. The van der Waals surface area contributed by atoms with Crippen LogP contribution in [-0.4, -0.2) is 4.92 Å². The summed E-state index contributed by atoms with van der Waals surface area (Å²) >= 11 is 0. The molecule has 0 aromatic heterocycles. The third-order valence-electron chi connectivity index (χ3n) is 6.20. The lowest BCUT2D eigenvalue weighted by Crippen LogP contribution is -2.32. The number of halogens is 3. The predicted molar refractivity (Wildman–Crippen MR) is 106 cm³/mol. The first-order valence-corrected chi connectivity index (χ1v) is 9.63. The molecule has 1 heterocycles. The Labute approximate surface area is 170 Å². The van der Waals surface area contributed by atoms with E-state index in [1.165, 1.54) is 18.2 Å². The minimum atomic E-state index is -4.46. The molecule has 0 spiro atoms. The Morgan fingerprint density at radius 3 is 2.37 bits per heavy atom. The highest BCUT2D eigenvalue weighted by atomic mass is 19.4. The summed E-state index contributed by atoms with van der Waals surface area (Å²) < 4.78 is 41.2. The molecule has 1 aliphatic carbocycles. The van der Waals surface area contributed by atoms with Crippen LogP contribution in [0.15, 0.2) is 66.7 Å². The van der Waals surface area contributed by atoms with Gasteiger partial charge in [-0.1, -0.05) is 42.5 Å². The highest BCUT2D eigenvalue weighted by Gasteiger charge is 2.46. The summed E-state index contributed by atoms with van der Waals surface area (Å²) in [5.74, 6) is -0.385. The normalized spacial score (nSPS) is 21.9. The molecule has 0 bridgehead atoms. The fourth-order valence-corrected chi connectivity index (χ4v) is 5.00. The summed E-state index contributed by atoms with van der Waals surface area (Å²) in [6.07, 6.45) is -3.86. The maximum atomic E-state index is 13.7. The first kappa shape index (κ1) is 18.7. The van der Waals surface area contributed by atoms with Gasteiger partial charge in [-0.15, -0.1) is 0 Å². The van der Waals surface area contributed by atoms with Crippen molar-refractivity contribution in [2.75, 3.05) is 5.32 Å². The van der Waals surface area contributed by atoms with Crippen LogP contribution in [-0.2, 0) is 12.6 Å². The molecule has 0 amide bonds. The number of nitrogens with one attached hydrogen (secondary N) is 1. The summed E-state index contributed by atoms with van der Waals surface area (Å²) in [6, 6.07) is 17.4. The quantitative estimate of drug-likeness (QED) is 0.411. The van der Waals surface area contributed by atoms with Crippen LogP contribution in [0.4, 0.5) is 24.5 Å². The van der Waals surface area contributed by atoms with E-state index in [0.29, 0.717) is 12.1 Å². The second-order valence-corrected chi connectivity index (χ2v) is 7.78. The number of hydrogen-bond acceptors (Lipinski definition) is 3. The highest BCUT2D eigenvalue weighted by Crippen LogP contribution is 2.55. The SMILES string of the molecule is O=[N+]([O-])c1ccc2c(c1)[C@@H]1c3ccccc3C[C@@H]1[C@H](c1ccccc1C(F)(F)F)N2. The molecule has 152 valence electrons. The molecule has 7 heteroatoms. The van der Waals surface area contributed by atoms with E-state index in [-0.39, 0.29) is 23.1 Å². The Bertz CT molecular complexity index is 1160. The van der Waals surface area contributed by atoms with Crippen molar-refractivity contribution < 1.29 is 18.1 Å². The van der Waals surface area contributed by atoms with Gasteiger partial charge >= 0.3 is 6.18 Å². The zero-order chi connectivity index (χ0) is 21.0. The molecule has 30 heavy (non-hydrogen) atoms. The zero-order valence-corrected chi connectivity index (χ0v) is 15.7. The third kappa shape index (κ3) is 2.84. The van der Waals surface area contributed by atoms with Crippen molar-refractivity contribution in [1.29, 1.82) is 0 Å². The van der Waals surface area contributed by atoms with Gasteiger partial charge in [0, 0.05) is 23.7 Å². The number of benzene rings is 3. The number of fused-ring (bicyclic) bond motifs is 5. The molecule has 0 saturated heterocycles. The molecular formula is C23H17F3N2O2.